The molecule has 0 amide bonds. The van der Waals surface area contributed by atoms with E-state index in [0.29, 0.717) is 0 Å². The van der Waals surface area contributed by atoms with E-state index >= 15 is 0 Å². The zero-order valence-corrected chi connectivity index (χ0v) is 12.2. The third-order valence-corrected chi connectivity index (χ3v) is 2.46. The molecule has 0 aromatic heterocycles. The van der Waals surface area contributed by atoms with Crippen LogP contribution in [0.15, 0.2) is 29.3 Å². The molecule has 5 heteroatoms. The Balaban J connectivity index is 2.77. The molecular formula is C15H19NO4. The van der Waals surface area contributed by atoms with Gasteiger partial charge in [0.25, 0.3) is 0 Å². The number of ether oxygens (including phenoxy) is 2. The van der Waals surface area contributed by atoms with Crippen molar-refractivity contribution in [2.24, 2.45) is 4.99 Å². The highest BCUT2D eigenvalue weighted by Crippen LogP contribution is 2.19. The quantitative estimate of drug-likeness (QED) is 0.470. The lowest BCUT2D eigenvalue weighted by atomic mass is 10.1. The molecule has 0 N–H and O–H groups in total. The monoisotopic (exact) mass is 277 g/mol. The molecule has 1 atom stereocenters. The van der Waals surface area contributed by atoms with Crippen LogP contribution in [0, 0.1) is 0 Å². The Morgan fingerprint density at radius 2 is 1.90 bits per heavy atom. The summed E-state index contributed by atoms with van der Waals surface area (Å²) >= 11 is 0. The fourth-order valence-electron chi connectivity index (χ4n) is 1.65. The number of benzene rings is 1. The zero-order valence-electron chi connectivity index (χ0n) is 12.2. The topological polar surface area (TPSA) is 65.0 Å². The highest BCUT2D eigenvalue weighted by Gasteiger charge is 2.19. The van der Waals surface area contributed by atoms with Gasteiger partial charge in [-0.1, -0.05) is 12.1 Å². The molecule has 0 aliphatic rings. The highest BCUT2D eigenvalue weighted by molar-refractivity contribution is 5.77. The van der Waals surface area contributed by atoms with Crippen LogP contribution in [0.3, 0.4) is 0 Å². The summed E-state index contributed by atoms with van der Waals surface area (Å²) in [5.74, 6) is 0.193. The van der Waals surface area contributed by atoms with Crippen molar-refractivity contribution >= 4 is 12.0 Å². The van der Waals surface area contributed by atoms with Crippen molar-refractivity contribution in [3.63, 3.8) is 0 Å². The molecule has 0 aliphatic carbocycles. The molecule has 0 aliphatic heterocycles. The van der Waals surface area contributed by atoms with Gasteiger partial charge in [0.05, 0.1) is 7.11 Å². The highest BCUT2D eigenvalue weighted by atomic mass is 16.5. The molecular weight excluding hydrogens is 258 g/mol. The van der Waals surface area contributed by atoms with E-state index in [1.807, 2.05) is 45.0 Å². The van der Waals surface area contributed by atoms with Crippen LogP contribution in [0.25, 0.3) is 0 Å². The predicted molar refractivity (Wildman–Crippen MR) is 74.5 cm³/mol. The second-order valence-electron chi connectivity index (χ2n) is 5.32. The van der Waals surface area contributed by atoms with Gasteiger partial charge in [-0.05, 0) is 38.5 Å². The van der Waals surface area contributed by atoms with Gasteiger partial charge in [-0.25, -0.2) is 9.59 Å². The van der Waals surface area contributed by atoms with Gasteiger partial charge in [-0.15, -0.1) is 0 Å². The largest absolute Gasteiger partial charge is 0.488 e. The van der Waals surface area contributed by atoms with Crippen molar-refractivity contribution in [1.29, 1.82) is 0 Å². The first-order chi connectivity index (χ1) is 9.35. The summed E-state index contributed by atoms with van der Waals surface area (Å²) in [7, 11) is 1.26. The second-order valence-corrected chi connectivity index (χ2v) is 5.32. The average molecular weight is 277 g/mol. The van der Waals surface area contributed by atoms with Gasteiger partial charge in [0.1, 0.15) is 11.4 Å². The van der Waals surface area contributed by atoms with Crippen molar-refractivity contribution in [1.82, 2.24) is 0 Å². The first-order valence-corrected chi connectivity index (χ1v) is 6.28. The number of carbonyl (C=O) groups excluding carboxylic acids is 2. The van der Waals surface area contributed by atoms with Crippen molar-refractivity contribution in [2.45, 2.75) is 38.8 Å². The lowest BCUT2D eigenvalue weighted by molar-refractivity contribution is -0.142. The van der Waals surface area contributed by atoms with Crippen molar-refractivity contribution in [2.75, 3.05) is 7.11 Å². The summed E-state index contributed by atoms with van der Waals surface area (Å²) in [5, 5.41) is 0. The van der Waals surface area contributed by atoms with E-state index in [1.54, 1.807) is 0 Å². The number of carbonyl (C=O) groups is 1. The Morgan fingerprint density at radius 1 is 1.30 bits per heavy atom. The Bertz CT molecular complexity index is 496. The van der Waals surface area contributed by atoms with Gasteiger partial charge in [0.2, 0.25) is 6.08 Å². The zero-order chi connectivity index (χ0) is 15.2. The number of esters is 1. The molecule has 1 rings (SSSR count). The average Bonchev–Trinajstić information content (AvgIpc) is 2.38. The molecule has 20 heavy (non-hydrogen) atoms. The third kappa shape index (κ3) is 5.24. The summed E-state index contributed by atoms with van der Waals surface area (Å²) in [6.07, 6.45) is 1.68. The normalized spacial score (nSPS) is 12.2. The molecule has 108 valence electrons. The van der Waals surface area contributed by atoms with Gasteiger partial charge in [0, 0.05) is 6.42 Å². The lowest BCUT2D eigenvalue weighted by Gasteiger charge is -2.21. The maximum Gasteiger partial charge on any atom is 0.331 e. The molecule has 0 fully saturated rings. The lowest BCUT2D eigenvalue weighted by Crippen LogP contribution is -2.23. The Labute approximate surface area is 118 Å². The van der Waals surface area contributed by atoms with Crippen molar-refractivity contribution < 1.29 is 19.1 Å². The van der Waals surface area contributed by atoms with Crippen LogP contribution in [0.1, 0.15) is 26.3 Å². The van der Waals surface area contributed by atoms with Gasteiger partial charge in [-0.3, -0.25) is 0 Å². The van der Waals surface area contributed by atoms with E-state index in [9.17, 15) is 9.59 Å². The summed E-state index contributed by atoms with van der Waals surface area (Å²) in [5.41, 5.74) is 0.596. The SMILES string of the molecule is COC(=O)[C@H](Cc1ccc(OC(C)(C)C)cc1)N=C=O. The summed E-state index contributed by atoms with van der Waals surface area (Å²) in [6.45, 7) is 5.90. The fourth-order valence-corrected chi connectivity index (χ4v) is 1.65. The van der Waals surface area contributed by atoms with Crippen LogP contribution in [0.4, 0.5) is 0 Å². The van der Waals surface area contributed by atoms with Gasteiger partial charge >= 0.3 is 5.97 Å². The number of hydrogen-bond acceptors (Lipinski definition) is 5. The molecule has 0 saturated carbocycles. The fraction of sp³-hybridized carbons (Fsp3) is 0.467. The minimum atomic E-state index is -0.855. The molecule has 0 saturated heterocycles. The summed E-state index contributed by atoms with van der Waals surface area (Å²) in [4.78, 5) is 25.2. The maximum absolute atomic E-state index is 11.4. The van der Waals surface area contributed by atoms with Crippen LogP contribution >= 0.6 is 0 Å². The van der Waals surface area contributed by atoms with Crippen LogP contribution in [-0.4, -0.2) is 30.8 Å². The molecule has 5 nitrogen and oxygen atoms in total. The van der Waals surface area contributed by atoms with Crippen LogP contribution < -0.4 is 4.74 Å². The maximum atomic E-state index is 11.4. The molecule has 0 bridgehead atoms. The molecule has 0 heterocycles. The number of hydrogen-bond donors (Lipinski definition) is 0. The first-order valence-electron chi connectivity index (χ1n) is 6.28. The van der Waals surface area contributed by atoms with Crippen LogP contribution in [-0.2, 0) is 20.7 Å². The Kier molecular flexibility index (Phi) is 5.47. The van der Waals surface area contributed by atoms with Crippen LogP contribution in [0.2, 0.25) is 0 Å². The second kappa shape index (κ2) is 6.87. The predicted octanol–water partition coefficient (Wildman–Crippen LogP) is 2.28. The van der Waals surface area contributed by atoms with E-state index in [4.69, 9.17) is 4.74 Å². The van der Waals surface area contributed by atoms with Crippen molar-refractivity contribution in [3.05, 3.63) is 29.8 Å². The van der Waals surface area contributed by atoms with Crippen molar-refractivity contribution in [3.8, 4) is 5.75 Å². The molecule has 1 aromatic carbocycles. The van der Waals surface area contributed by atoms with E-state index in [1.165, 1.54) is 13.2 Å². The number of rotatable bonds is 5. The molecule has 1 aromatic rings. The Hall–Kier alpha value is -2.13. The number of isocyanates is 1. The molecule has 0 unspecified atom stereocenters. The van der Waals surface area contributed by atoms with Gasteiger partial charge in [0.15, 0.2) is 6.04 Å². The Morgan fingerprint density at radius 3 is 2.35 bits per heavy atom. The minimum Gasteiger partial charge on any atom is -0.488 e. The standard InChI is InChI=1S/C15H19NO4/c1-15(2,3)20-12-7-5-11(6-8-12)9-13(16-10-17)14(18)19-4/h5-8,13H,9H2,1-4H3/t13-/m0/s1. The van der Waals surface area contributed by atoms with Crippen LogP contribution in [0.5, 0.6) is 5.75 Å². The van der Waals surface area contributed by atoms with E-state index in [-0.39, 0.29) is 12.0 Å². The number of methoxy groups -OCH3 is 1. The summed E-state index contributed by atoms with van der Waals surface area (Å²) < 4.78 is 10.3. The number of aliphatic imine (C=N–C) groups is 1. The molecule has 0 spiro atoms. The smallest absolute Gasteiger partial charge is 0.331 e. The third-order valence-electron chi connectivity index (χ3n) is 2.46. The van der Waals surface area contributed by atoms with E-state index in [2.05, 4.69) is 9.73 Å². The van der Waals surface area contributed by atoms with Gasteiger partial charge < -0.3 is 9.47 Å². The molecule has 0 radical (unpaired) electrons. The van der Waals surface area contributed by atoms with E-state index < -0.39 is 12.0 Å². The first kappa shape index (κ1) is 15.9. The number of nitrogens with zero attached hydrogens (tertiary/aromatic N) is 1. The summed E-state index contributed by atoms with van der Waals surface area (Å²) in [6, 6.07) is 6.44. The van der Waals surface area contributed by atoms with E-state index in [0.717, 1.165) is 11.3 Å². The minimum absolute atomic E-state index is 0.266. The van der Waals surface area contributed by atoms with Gasteiger partial charge in [-0.2, -0.15) is 4.99 Å².